The molecule has 122 valence electrons. The Hall–Kier alpha value is -0.970. The number of esters is 2. The summed E-state index contributed by atoms with van der Waals surface area (Å²) in [5.74, 6) is -1.10. The lowest BCUT2D eigenvalue weighted by atomic mass is 10.1. The molecule has 0 spiro atoms. The van der Waals surface area contributed by atoms with E-state index in [9.17, 15) is 9.59 Å². The molecule has 22 heavy (non-hydrogen) atoms. The van der Waals surface area contributed by atoms with Crippen molar-refractivity contribution in [1.82, 2.24) is 0 Å². The van der Waals surface area contributed by atoms with Crippen LogP contribution in [-0.4, -0.2) is 28.9 Å². The summed E-state index contributed by atoms with van der Waals surface area (Å²) in [6.07, 6.45) is 1.31. The van der Waals surface area contributed by atoms with Crippen LogP contribution in [-0.2, 0) is 14.3 Å². The van der Waals surface area contributed by atoms with Gasteiger partial charge in [-0.05, 0) is 30.9 Å². The lowest BCUT2D eigenvalue weighted by Gasteiger charge is -2.13. The first-order valence-electron chi connectivity index (χ1n) is 6.77. The second-order valence-corrected chi connectivity index (χ2v) is 7.13. The molecule has 1 aromatic carbocycles. The van der Waals surface area contributed by atoms with E-state index in [1.165, 1.54) is 0 Å². The first-order valence-corrected chi connectivity index (χ1v) is 7.90. The molecule has 0 aliphatic rings. The molecule has 0 saturated heterocycles. The Morgan fingerprint density at radius 1 is 1.14 bits per heavy atom. The Morgan fingerprint density at radius 3 is 2.36 bits per heavy atom. The molecule has 0 aliphatic carbocycles. The van der Waals surface area contributed by atoms with Gasteiger partial charge in [-0.3, -0.25) is 0 Å². The quantitative estimate of drug-likeness (QED) is 0.412. The average molecular weight is 368 g/mol. The molecule has 7 heteroatoms. The summed E-state index contributed by atoms with van der Waals surface area (Å²) in [6, 6.07) is 8.78. The summed E-state index contributed by atoms with van der Waals surface area (Å²) in [6.45, 7) is 2.39. The summed E-state index contributed by atoms with van der Waals surface area (Å²) in [7, 11) is 0. The first kappa shape index (κ1) is 19.1. The molecule has 1 aromatic rings. The zero-order valence-electron chi connectivity index (χ0n) is 12.1. The van der Waals surface area contributed by atoms with E-state index in [1.54, 1.807) is 24.3 Å². The number of alkyl halides is 3. The van der Waals surface area contributed by atoms with E-state index in [1.807, 2.05) is 13.0 Å². The highest BCUT2D eigenvalue weighted by Gasteiger charge is 2.32. The Bertz CT molecular complexity index is 485. The third-order valence-corrected chi connectivity index (χ3v) is 3.28. The van der Waals surface area contributed by atoms with Crippen molar-refractivity contribution in [3.05, 3.63) is 35.9 Å². The van der Waals surface area contributed by atoms with Gasteiger partial charge >= 0.3 is 11.9 Å². The maximum absolute atomic E-state index is 11.7. The van der Waals surface area contributed by atoms with Crippen LogP contribution in [0.2, 0.25) is 0 Å². The number of rotatable bonds is 7. The molecule has 0 aliphatic heterocycles. The minimum absolute atomic E-state index is 0.138. The van der Waals surface area contributed by atoms with Gasteiger partial charge in [-0.25, -0.2) is 9.59 Å². The third-order valence-electron chi connectivity index (χ3n) is 2.81. The van der Waals surface area contributed by atoms with Crippen LogP contribution >= 0.6 is 34.8 Å². The van der Waals surface area contributed by atoms with E-state index in [0.717, 1.165) is 6.42 Å². The van der Waals surface area contributed by atoms with Crippen molar-refractivity contribution in [3.63, 3.8) is 0 Å². The first-order chi connectivity index (χ1) is 10.3. The number of hydrogen-bond acceptors (Lipinski definition) is 4. The largest absolute Gasteiger partial charge is 0.463 e. The molecule has 1 rings (SSSR count). The van der Waals surface area contributed by atoms with Crippen LogP contribution in [0.1, 0.15) is 30.1 Å². The maximum Gasteiger partial charge on any atom is 0.358 e. The van der Waals surface area contributed by atoms with Crippen LogP contribution in [0.4, 0.5) is 0 Å². The molecule has 1 unspecified atom stereocenters. The number of benzene rings is 1. The topological polar surface area (TPSA) is 52.6 Å². The summed E-state index contributed by atoms with van der Waals surface area (Å²) >= 11 is 16.1. The van der Waals surface area contributed by atoms with E-state index in [4.69, 9.17) is 44.3 Å². The van der Waals surface area contributed by atoms with Gasteiger partial charge in [0.2, 0.25) is 0 Å². The number of carbonyl (C=O) groups excluding carboxylic acids is 2. The standard InChI is InChI=1S/C15H17Cl3O4/c1-11(6-5-9-21-14(20)15(16,17)18)10-22-13(19)12-7-3-2-4-8-12/h2-4,7-8,11H,5-6,9-10H2,1H3. The van der Waals surface area contributed by atoms with Gasteiger partial charge in [-0.15, -0.1) is 0 Å². The summed E-state index contributed by atoms with van der Waals surface area (Å²) in [5, 5.41) is 0. The molecule has 4 nitrogen and oxygen atoms in total. The SMILES string of the molecule is CC(CCCOC(=O)C(Cl)(Cl)Cl)COC(=O)c1ccccc1. The van der Waals surface area contributed by atoms with Gasteiger partial charge < -0.3 is 9.47 Å². The van der Waals surface area contributed by atoms with E-state index < -0.39 is 9.76 Å². The molecule has 0 amide bonds. The molecule has 0 heterocycles. The van der Waals surface area contributed by atoms with Crippen molar-refractivity contribution in [2.45, 2.75) is 23.6 Å². The molecule has 0 bridgehead atoms. The maximum atomic E-state index is 11.7. The number of ether oxygens (including phenoxy) is 2. The molecular formula is C15H17Cl3O4. The molecule has 0 N–H and O–H groups in total. The Kier molecular flexibility index (Phi) is 8.01. The van der Waals surface area contributed by atoms with Crippen molar-refractivity contribution >= 4 is 46.7 Å². The van der Waals surface area contributed by atoms with Crippen molar-refractivity contribution in [1.29, 1.82) is 0 Å². The predicted octanol–water partition coefficient (Wildman–Crippen LogP) is 4.17. The van der Waals surface area contributed by atoms with Gasteiger partial charge in [0.15, 0.2) is 0 Å². The van der Waals surface area contributed by atoms with Gasteiger partial charge in [-0.2, -0.15) is 0 Å². The lowest BCUT2D eigenvalue weighted by molar-refractivity contribution is -0.142. The highest BCUT2D eigenvalue weighted by atomic mass is 35.6. The van der Waals surface area contributed by atoms with E-state index in [0.29, 0.717) is 18.6 Å². The highest BCUT2D eigenvalue weighted by molar-refractivity contribution is 6.75. The van der Waals surface area contributed by atoms with Gasteiger partial charge in [-0.1, -0.05) is 59.9 Å². The van der Waals surface area contributed by atoms with Crippen LogP contribution in [0.15, 0.2) is 30.3 Å². The highest BCUT2D eigenvalue weighted by Crippen LogP contribution is 2.27. The van der Waals surface area contributed by atoms with E-state index in [-0.39, 0.29) is 18.5 Å². The van der Waals surface area contributed by atoms with Gasteiger partial charge in [0.05, 0.1) is 18.8 Å². The number of hydrogen-bond donors (Lipinski definition) is 0. The smallest absolute Gasteiger partial charge is 0.358 e. The monoisotopic (exact) mass is 366 g/mol. The number of carbonyl (C=O) groups is 2. The fraction of sp³-hybridized carbons (Fsp3) is 0.467. The number of halogens is 3. The third kappa shape index (κ3) is 7.34. The van der Waals surface area contributed by atoms with Gasteiger partial charge in [0.25, 0.3) is 3.79 Å². The minimum atomic E-state index is -2.04. The second-order valence-electron chi connectivity index (χ2n) is 4.85. The molecule has 0 fully saturated rings. The fourth-order valence-corrected chi connectivity index (χ4v) is 1.80. The Morgan fingerprint density at radius 2 is 1.77 bits per heavy atom. The average Bonchev–Trinajstić information content (AvgIpc) is 2.48. The van der Waals surface area contributed by atoms with Crippen molar-refractivity contribution in [3.8, 4) is 0 Å². The van der Waals surface area contributed by atoms with Crippen LogP contribution in [0.3, 0.4) is 0 Å². The van der Waals surface area contributed by atoms with Gasteiger partial charge in [0, 0.05) is 0 Å². The zero-order chi connectivity index (χ0) is 16.6. The van der Waals surface area contributed by atoms with Crippen molar-refractivity contribution in [2.75, 3.05) is 13.2 Å². The zero-order valence-corrected chi connectivity index (χ0v) is 14.3. The fourth-order valence-electron chi connectivity index (χ4n) is 1.64. The van der Waals surface area contributed by atoms with Crippen molar-refractivity contribution < 1.29 is 19.1 Å². The lowest BCUT2D eigenvalue weighted by Crippen LogP contribution is -2.22. The normalized spacial score (nSPS) is 12.5. The summed E-state index contributed by atoms with van der Waals surface area (Å²) in [4.78, 5) is 22.9. The van der Waals surface area contributed by atoms with Gasteiger partial charge in [0.1, 0.15) is 0 Å². The minimum Gasteiger partial charge on any atom is -0.463 e. The molecular weight excluding hydrogens is 351 g/mol. The second kappa shape index (κ2) is 9.23. The van der Waals surface area contributed by atoms with Crippen molar-refractivity contribution in [2.24, 2.45) is 5.92 Å². The van der Waals surface area contributed by atoms with E-state index >= 15 is 0 Å². The summed E-state index contributed by atoms with van der Waals surface area (Å²) in [5.41, 5.74) is 0.520. The molecule has 1 atom stereocenters. The van der Waals surface area contributed by atoms with Crippen LogP contribution in [0, 0.1) is 5.92 Å². The van der Waals surface area contributed by atoms with Crippen LogP contribution in [0.25, 0.3) is 0 Å². The Labute approximate surface area is 144 Å². The predicted molar refractivity (Wildman–Crippen MR) is 86.4 cm³/mol. The van der Waals surface area contributed by atoms with Crippen LogP contribution < -0.4 is 0 Å². The molecule has 0 radical (unpaired) electrons. The molecule has 0 aromatic heterocycles. The van der Waals surface area contributed by atoms with Crippen LogP contribution in [0.5, 0.6) is 0 Å². The van der Waals surface area contributed by atoms with E-state index in [2.05, 4.69) is 0 Å². The summed E-state index contributed by atoms with van der Waals surface area (Å²) < 4.78 is 7.98. The Balaban J connectivity index is 2.18. The molecule has 0 saturated carbocycles.